The minimum Gasteiger partial charge on any atom is -0.508 e. The van der Waals surface area contributed by atoms with Crippen LogP contribution in [0, 0.1) is 6.92 Å². The second kappa shape index (κ2) is 8.89. The summed E-state index contributed by atoms with van der Waals surface area (Å²) < 4.78 is 28.2. The summed E-state index contributed by atoms with van der Waals surface area (Å²) in [5.74, 6) is -0.516. The van der Waals surface area contributed by atoms with Crippen LogP contribution in [0.25, 0.3) is 0 Å². The monoisotopic (exact) mass is 410 g/mol. The molecule has 0 radical (unpaired) electrons. The van der Waals surface area contributed by atoms with Crippen molar-refractivity contribution in [2.24, 2.45) is 0 Å². The number of sulfonamides is 1. The van der Waals surface area contributed by atoms with Crippen molar-refractivity contribution in [2.45, 2.75) is 24.3 Å². The third-order valence-electron chi connectivity index (χ3n) is 4.34. The molecular formula is C22H22N2O4S. The van der Waals surface area contributed by atoms with Gasteiger partial charge in [-0.1, -0.05) is 54.1 Å². The summed E-state index contributed by atoms with van der Waals surface area (Å²) in [5, 5.41) is 12.3. The SMILES string of the molecule is Cc1ccc(S(=O)(=O)NC(Cc2ccccc2)C(=O)Nc2cccc(O)c2)cc1. The lowest BCUT2D eigenvalue weighted by Gasteiger charge is -2.19. The number of hydrogen-bond donors (Lipinski definition) is 3. The van der Waals surface area contributed by atoms with Crippen molar-refractivity contribution < 1.29 is 18.3 Å². The molecule has 0 aromatic heterocycles. The largest absolute Gasteiger partial charge is 0.508 e. The average molecular weight is 410 g/mol. The van der Waals surface area contributed by atoms with E-state index < -0.39 is 22.0 Å². The zero-order valence-electron chi connectivity index (χ0n) is 15.9. The molecule has 3 aromatic rings. The zero-order chi connectivity index (χ0) is 20.9. The first kappa shape index (κ1) is 20.6. The van der Waals surface area contributed by atoms with E-state index in [4.69, 9.17) is 0 Å². The number of carbonyl (C=O) groups excluding carboxylic acids is 1. The third kappa shape index (κ3) is 5.66. The maximum absolute atomic E-state index is 12.9. The first-order chi connectivity index (χ1) is 13.8. The van der Waals surface area contributed by atoms with Gasteiger partial charge in [-0.3, -0.25) is 4.79 Å². The van der Waals surface area contributed by atoms with E-state index in [2.05, 4.69) is 10.0 Å². The van der Waals surface area contributed by atoms with Gasteiger partial charge in [0, 0.05) is 11.8 Å². The Bertz CT molecular complexity index is 1080. The molecule has 3 N–H and O–H groups in total. The lowest BCUT2D eigenvalue weighted by atomic mass is 10.1. The standard InChI is InChI=1S/C22H22N2O4S/c1-16-10-12-20(13-11-16)29(27,28)24-21(14-17-6-3-2-4-7-17)22(26)23-18-8-5-9-19(25)15-18/h2-13,15,21,24-25H,14H2,1H3,(H,23,26). The van der Waals surface area contributed by atoms with E-state index in [1.165, 1.54) is 24.3 Å². The Morgan fingerprint density at radius 2 is 1.66 bits per heavy atom. The summed E-state index contributed by atoms with van der Waals surface area (Å²) in [5.41, 5.74) is 2.13. The van der Waals surface area contributed by atoms with Crippen LogP contribution in [0.1, 0.15) is 11.1 Å². The van der Waals surface area contributed by atoms with Crippen LogP contribution >= 0.6 is 0 Å². The molecule has 1 amide bonds. The van der Waals surface area contributed by atoms with Crippen LogP contribution in [0.15, 0.2) is 83.8 Å². The van der Waals surface area contributed by atoms with Gasteiger partial charge in [-0.2, -0.15) is 4.72 Å². The van der Waals surface area contributed by atoms with Crippen molar-refractivity contribution in [1.29, 1.82) is 0 Å². The molecule has 0 aliphatic rings. The predicted molar refractivity (Wildman–Crippen MR) is 112 cm³/mol. The molecule has 1 unspecified atom stereocenters. The minimum atomic E-state index is -3.90. The van der Waals surface area contributed by atoms with Crippen molar-refractivity contribution in [3.8, 4) is 5.75 Å². The molecule has 0 bridgehead atoms. The van der Waals surface area contributed by atoms with E-state index in [0.717, 1.165) is 11.1 Å². The van der Waals surface area contributed by atoms with Gasteiger partial charge in [0.15, 0.2) is 0 Å². The number of benzene rings is 3. The van der Waals surface area contributed by atoms with Gasteiger partial charge < -0.3 is 10.4 Å². The lowest BCUT2D eigenvalue weighted by Crippen LogP contribution is -2.45. The fourth-order valence-electron chi connectivity index (χ4n) is 2.82. The quantitative estimate of drug-likeness (QED) is 0.557. The molecule has 0 fully saturated rings. The predicted octanol–water partition coefficient (Wildman–Crippen LogP) is 3.23. The molecule has 0 saturated heterocycles. The molecule has 150 valence electrons. The number of phenolic OH excluding ortho intramolecular Hbond substituents is 1. The number of hydrogen-bond acceptors (Lipinski definition) is 4. The highest BCUT2D eigenvalue weighted by atomic mass is 32.2. The summed E-state index contributed by atoms with van der Waals surface area (Å²) in [6.45, 7) is 1.87. The number of aryl methyl sites for hydroxylation is 1. The molecule has 0 aliphatic carbocycles. The van der Waals surface area contributed by atoms with Crippen molar-refractivity contribution in [3.63, 3.8) is 0 Å². The van der Waals surface area contributed by atoms with Gasteiger partial charge in [-0.25, -0.2) is 8.42 Å². The Morgan fingerprint density at radius 1 is 0.966 bits per heavy atom. The van der Waals surface area contributed by atoms with E-state index in [1.54, 1.807) is 24.3 Å². The van der Waals surface area contributed by atoms with Crippen molar-refractivity contribution >= 4 is 21.6 Å². The molecule has 3 aromatic carbocycles. The second-order valence-corrected chi connectivity index (χ2v) is 8.43. The Kier molecular flexibility index (Phi) is 6.31. The Labute approximate surface area is 170 Å². The highest BCUT2D eigenvalue weighted by molar-refractivity contribution is 7.89. The number of carbonyl (C=O) groups is 1. The lowest BCUT2D eigenvalue weighted by molar-refractivity contribution is -0.117. The molecule has 0 spiro atoms. The van der Waals surface area contributed by atoms with Crippen LogP contribution < -0.4 is 10.0 Å². The van der Waals surface area contributed by atoms with Crippen LogP contribution in [0.2, 0.25) is 0 Å². The van der Waals surface area contributed by atoms with Gasteiger partial charge in [0.05, 0.1) is 4.90 Å². The topological polar surface area (TPSA) is 95.5 Å². The summed E-state index contributed by atoms with van der Waals surface area (Å²) in [6, 6.07) is 20.6. The fraction of sp³-hybridized carbons (Fsp3) is 0.136. The number of anilines is 1. The molecule has 6 nitrogen and oxygen atoms in total. The summed E-state index contributed by atoms with van der Waals surface area (Å²) in [7, 11) is -3.90. The molecule has 0 saturated carbocycles. The van der Waals surface area contributed by atoms with Crippen molar-refractivity contribution in [3.05, 3.63) is 90.0 Å². The second-order valence-electron chi connectivity index (χ2n) is 6.72. The van der Waals surface area contributed by atoms with E-state index in [-0.39, 0.29) is 17.1 Å². The van der Waals surface area contributed by atoms with Crippen LogP contribution in [-0.2, 0) is 21.2 Å². The van der Waals surface area contributed by atoms with Gasteiger partial charge in [0.25, 0.3) is 0 Å². The molecule has 1 atom stereocenters. The van der Waals surface area contributed by atoms with Gasteiger partial charge in [-0.05, 0) is 43.2 Å². The van der Waals surface area contributed by atoms with Crippen LogP contribution in [0.5, 0.6) is 5.75 Å². The molecule has 7 heteroatoms. The molecule has 0 aliphatic heterocycles. The van der Waals surface area contributed by atoms with Crippen molar-refractivity contribution in [2.75, 3.05) is 5.32 Å². The molecule has 29 heavy (non-hydrogen) atoms. The van der Waals surface area contributed by atoms with Gasteiger partial charge >= 0.3 is 0 Å². The van der Waals surface area contributed by atoms with Crippen LogP contribution in [0.4, 0.5) is 5.69 Å². The first-order valence-corrected chi connectivity index (χ1v) is 10.5. The molecule has 0 heterocycles. The van der Waals surface area contributed by atoms with Crippen LogP contribution in [0.3, 0.4) is 0 Å². The molecule has 3 rings (SSSR count). The number of aromatic hydroxyl groups is 1. The summed E-state index contributed by atoms with van der Waals surface area (Å²) in [6.07, 6.45) is 0.177. The Balaban J connectivity index is 1.85. The van der Waals surface area contributed by atoms with E-state index >= 15 is 0 Å². The average Bonchev–Trinajstić information content (AvgIpc) is 2.68. The smallest absolute Gasteiger partial charge is 0.242 e. The van der Waals surface area contributed by atoms with E-state index in [0.29, 0.717) is 5.69 Å². The third-order valence-corrected chi connectivity index (χ3v) is 5.83. The minimum absolute atomic E-state index is 0.00245. The van der Waals surface area contributed by atoms with Gasteiger partial charge in [0.2, 0.25) is 15.9 Å². The first-order valence-electron chi connectivity index (χ1n) is 9.06. The number of phenols is 1. The van der Waals surface area contributed by atoms with Crippen molar-refractivity contribution in [1.82, 2.24) is 4.72 Å². The maximum atomic E-state index is 12.9. The normalized spacial score (nSPS) is 12.3. The number of amides is 1. The van der Waals surface area contributed by atoms with Gasteiger partial charge in [-0.15, -0.1) is 0 Å². The van der Waals surface area contributed by atoms with E-state index in [9.17, 15) is 18.3 Å². The zero-order valence-corrected chi connectivity index (χ0v) is 16.7. The highest BCUT2D eigenvalue weighted by Crippen LogP contribution is 2.17. The number of rotatable bonds is 7. The Morgan fingerprint density at radius 3 is 2.31 bits per heavy atom. The maximum Gasteiger partial charge on any atom is 0.242 e. The van der Waals surface area contributed by atoms with Crippen LogP contribution in [-0.4, -0.2) is 25.5 Å². The highest BCUT2D eigenvalue weighted by Gasteiger charge is 2.26. The fourth-order valence-corrected chi connectivity index (χ4v) is 4.02. The van der Waals surface area contributed by atoms with E-state index in [1.807, 2.05) is 37.3 Å². The van der Waals surface area contributed by atoms with Gasteiger partial charge in [0.1, 0.15) is 11.8 Å². The summed E-state index contributed by atoms with van der Waals surface area (Å²) >= 11 is 0. The summed E-state index contributed by atoms with van der Waals surface area (Å²) in [4.78, 5) is 13.0. The Hall–Kier alpha value is -3.16. The number of nitrogens with one attached hydrogen (secondary N) is 2. The molecular weight excluding hydrogens is 388 g/mol.